The monoisotopic (exact) mass is 470 g/mol. The summed E-state index contributed by atoms with van der Waals surface area (Å²) >= 11 is 0. The summed E-state index contributed by atoms with van der Waals surface area (Å²) in [6.07, 6.45) is 4.12. The van der Waals surface area contributed by atoms with Gasteiger partial charge >= 0.3 is 6.03 Å². The van der Waals surface area contributed by atoms with E-state index in [1.165, 1.54) is 7.11 Å². The number of benzene rings is 2. The second kappa shape index (κ2) is 8.54. The van der Waals surface area contributed by atoms with E-state index in [1.807, 2.05) is 24.3 Å². The third kappa shape index (κ3) is 4.32. The zero-order valence-electron chi connectivity index (χ0n) is 19.0. The third-order valence-electron chi connectivity index (χ3n) is 7.37. The number of amides is 2. The number of ether oxygens (including phenoxy) is 1. The number of urea groups is 1. The van der Waals surface area contributed by atoms with Crippen LogP contribution in [0.5, 0.6) is 5.75 Å². The summed E-state index contributed by atoms with van der Waals surface area (Å²) in [5.74, 6) is -1.03. The molecule has 2 amide bonds. The van der Waals surface area contributed by atoms with Crippen LogP contribution in [0, 0.1) is 11.6 Å². The largest absolute Gasteiger partial charge is 0.494 e. The molecule has 1 heterocycles. The maximum Gasteiger partial charge on any atom is 0.315 e. The second-order valence-electron chi connectivity index (χ2n) is 9.58. The van der Waals surface area contributed by atoms with Crippen molar-refractivity contribution in [3.05, 3.63) is 59.4 Å². The summed E-state index contributed by atoms with van der Waals surface area (Å²) in [6, 6.07) is 8.39. The number of aromatic amines is 1. The Morgan fingerprint density at radius 2 is 1.85 bits per heavy atom. The zero-order valence-corrected chi connectivity index (χ0v) is 19.0. The second-order valence-corrected chi connectivity index (χ2v) is 9.58. The zero-order chi connectivity index (χ0) is 23.9. The molecule has 34 heavy (non-hydrogen) atoms. The van der Waals surface area contributed by atoms with Crippen molar-refractivity contribution in [1.82, 2.24) is 20.6 Å². The molecule has 2 bridgehead atoms. The first-order valence-electron chi connectivity index (χ1n) is 11.6. The highest BCUT2D eigenvalue weighted by Crippen LogP contribution is 2.46. The van der Waals surface area contributed by atoms with Crippen LogP contribution in [-0.2, 0) is 6.42 Å². The lowest BCUT2D eigenvalue weighted by Crippen LogP contribution is -2.60. The van der Waals surface area contributed by atoms with E-state index in [-0.39, 0.29) is 23.3 Å². The summed E-state index contributed by atoms with van der Waals surface area (Å²) in [5, 5.41) is 16.5. The quantitative estimate of drug-likeness (QED) is 0.432. The Morgan fingerprint density at radius 3 is 2.53 bits per heavy atom. The Hall–Kier alpha value is -3.20. The average Bonchev–Trinajstić information content (AvgIpc) is 3.26. The van der Waals surface area contributed by atoms with E-state index in [0.717, 1.165) is 17.6 Å². The number of nitrogens with zero attached hydrogens (tertiary/aromatic N) is 1. The maximum atomic E-state index is 14.7. The predicted molar refractivity (Wildman–Crippen MR) is 122 cm³/mol. The number of aliphatic hydroxyl groups is 1. The molecule has 2 aromatic carbocycles. The molecule has 3 aliphatic rings. The minimum atomic E-state index is -0.727. The van der Waals surface area contributed by atoms with Gasteiger partial charge in [-0.25, -0.2) is 18.6 Å². The molecule has 0 radical (unpaired) electrons. The highest BCUT2D eigenvalue weighted by molar-refractivity contribution is 5.77. The fourth-order valence-electron chi connectivity index (χ4n) is 5.24. The summed E-state index contributed by atoms with van der Waals surface area (Å²) in [6.45, 7) is 0. The molecule has 3 saturated carbocycles. The Bertz CT molecular complexity index is 1170. The number of carbonyl (C=O) groups is 1. The van der Waals surface area contributed by atoms with E-state index in [0.29, 0.717) is 49.9 Å². The first-order chi connectivity index (χ1) is 16.3. The lowest BCUT2D eigenvalue weighted by molar-refractivity contribution is -0.0694. The van der Waals surface area contributed by atoms with Crippen LogP contribution >= 0.6 is 0 Å². The van der Waals surface area contributed by atoms with Crippen LogP contribution in [0.3, 0.4) is 0 Å². The highest BCUT2D eigenvalue weighted by Gasteiger charge is 2.48. The fourth-order valence-corrected chi connectivity index (χ4v) is 5.24. The van der Waals surface area contributed by atoms with E-state index in [9.17, 15) is 18.7 Å². The van der Waals surface area contributed by atoms with Crippen molar-refractivity contribution in [3.63, 3.8) is 0 Å². The number of imidazole rings is 1. The molecule has 9 heteroatoms. The van der Waals surface area contributed by atoms with Crippen molar-refractivity contribution >= 4 is 17.1 Å². The number of para-hydroxylation sites is 2. The molecule has 6 rings (SSSR count). The molecular formula is C25H28F2N4O3. The molecule has 180 valence electrons. The predicted octanol–water partition coefficient (Wildman–Crippen LogP) is 4.27. The van der Waals surface area contributed by atoms with Gasteiger partial charge in [0.2, 0.25) is 0 Å². The molecule has 7 nitrogen and oxygen atoms in total. The Balaban J connectivity index is 1.40. The van der Waals surface area contributed by atoms with Gasteiger partial charge in [-0.15, -0.1) is 0 Å². The minimum Gasteiger partial charge on any atom is -0.494 e. The summed E-state index contributed by atoms with van der Waals surface area (Å²) in [4.78, 5) is 20.9. The number of H-pyrrole nitrogens is 1. The molecule has 1 unspecified atom stereocenters. The number of carbonyl (C=O) groups excluding carboxylic acids is 1. The fraction of sp³-hybridized carbons (Fsp3) is 0.440. The van der Waals surface area contributed by atoms with Crippen LogP contribution in [0.1, 0.15) is 56.0 Å². The number of nitrogens with one attached hydrogen (secondary N) is 3. The molecule has 1 atom stereocenters. The smallest absolute Gasteiger partial charge is 0.315 e. The summed E-state index contributed by atoms with van der Waals surface area (Å²) < 4.78 is 33.9. The maximum absolute atomic E-state index is 14.7. The van der Waals surface area contributed by atoms with Gasteiger partial charge in [0.25, 0.3) is 0 Å². The molecule has 0 spiro atoms. The van der Waals surface area contributed by atoms with Gasteiger partial charge in [-0.1, -0.05) is 12.1 Å². The lowest BCUT2D eigenvalue weighted by atomic mass is 9.63. The number of rotatable bonds is 6. The van der Waals surface area contributed by atoms with Crippen molar-refractivity contribution < 1.29 is 23.4 Å². The number of hydrogen-bond acceptors (Lipinski definition) is 4. The van der Waals surface area contributed by atoms with E-state index in [1.54, 1.807) is 0 Å². The first-order valence-corrected chi connectivity index (χ1v) is 11.6. The van der Waals surface area contributed by atoms with Crippen molar-refractivity contribution in [1.29, 1.82) is 0 Å². The Kier molecular flexibility index (Phi) is 5.67. The van der Waals surface area contributed by atoms with Crippen LogP contribution in [-0.4, -0.2) is 39.4 Å². The Labute approximate surface area is 195 Å². The average molecular weight is 471 g/mol. The minimum absolute atomic E-state index is 0.00720. The molecule has 0 saturated heterocycles. The van der Waals surface area contributed by atoms with E-state index in [4.69, 9.17) is 4.74 Å². The number of methoxy groups -OCH3 is 1. The van der Waals surface area contributed by atoms with E-state index < -0.39 is 29.3 Å². The van der Waals surface area contributed by atoms with Gasteiger partial charge in [0.15, 0.2) is 11.6 Å². The molecular weight excluding hydrogens is 442 g/mol. The van der Waals surface area contributed by atoms with Gasteiger partial charge in [-0.05, 0) is 62.3 Å². The highest BCUT2D eigenvalue weighted by atomic mass is 19.1. The van der Waals surface area contributed by atoms with Crippen LogP contribution in [0.2, 0.25) is 0 Å². The first kappa shape index (κ1) is 22.6. The van der Waals surface area contributed by atoms with Gasteiger partial charge in [0.1, 0.15) is 11.6 Å². The molecule has 0 aliphatic heterocycles. The van der Waals surface area contributed by atoms with E-state index >= 15 is 0 Å². The number of halogens is 2. The van der Waals surface area contributed by atoms with Crippen LogP contribution < -0.4 is 15.4 Å². The number of hydrogen-bond donors (Lipinski definition) is 4. The van der Waals surface area contributed by atoms with Crippen molar-refractivity contribution in [3.8, 4) is 5.75 Å². The number of aromatic nitrogens is 2. The topological polar surface area (TPSA) is 99.3 Å². The lowest BCUT2D eigenvalue weighted by Gasteiger charge is -2.51. The number of fused-ring (bicyclic) bond motifs is 4. The normalized spacial score (nSPS) is 24.7. The van der Waals surface area contributed by atoms with Crippen molar-refractivity contribution in [2.45, 2.75) is 62.1 Å². The van der Waals surface area contributed by atoms with Gasteiger partial charge in [0, 0.05) is 18.0 Å². The summed E-state index contributed by atoms with van der Waals surface area (Å²) in [5.41, 5.74) is 0.631. The van der Waals surface area contributed by atoms with Gasteiger partial charge in [-0.2, -0.15) is 0 Å². The third-order valence-corrected chi connectivity index (χ3v) is 7.37. The van der Waals surface area contributed by atoms with E-state index in [2.05, 4.69) is 20.6 Å². The van der Waals surface area contributed by atoms with Gasteiger partial charge < -0.3 is 25.5 Å². The van der Waals surface area contributed by atoms with Crippen molar-refractivity contribution in [2.75, 3.05) is 7.11 Å². The van der Waals surface area contributed by atoms with Gasteiger partial charge in [-0.3, -0.25) is 0 Å². The Morgan fingerprint density at radius 1 is 1.15 bits per heavy atom. The molecule has 3 aromatic rings. The standard InChI is InChI=1S/C25H28F2N4O3/c1-34-21-14-16(26)15(12-17(21)27)13-20(22-28-18-4-2-3-5-19(18)29-22)30-23(32)31-24-6-9-25(33,10-7-24)11-8-24/h2-5,12,14,20,33H,6-11,13H2,1H3,(H,28,29)(H2,30,31,32). The molecule has 3 aliphatic carbocycles. The summed E-state index contributed by atoms with van der Waals surface area (Å²) in [7, 11) is 1.28. The van der Waals surface area contributed by atoms with Crippen LogP contribution in [0.4, 0.5) is 13.6 Å². The van der Waals surface area contributed by atoms with Crippen LogP contribution in [0.25, 0.3) is 11.0 Å². The van der Waals surface area contributed by atoms with Crippen molar-refractivity contribution in [2.24, 2.45) is 0 Å². The van der Waals surface area contributed by atoms with Gasteiger partial charge in [0.05, 0.1) is 29.8 Å². The molecule has 4 N–H and O–H groups in total. The van der Waals surface area contributed by atoms with Crippen LogP contribution in [0.15, 0.2) is 36.4 Å². The molecule has 1 aromatic heterocycles. The molecule has 3 fully saturated rings. The SMILES string of the molecule is COc1cc(F)c(CC(NC(=O)NC23CCC(O)(CC2)CC3)c2nc3ccccc3[nH]2)cc1F.